The molecule has 0 spiro atoms. The second kappa shape index (κ2) is 6.48. The summed E-state index contributed by atoms with van der Waals surface area (Å²) in [5, 5.41) is 19.7. The molecule has 0 saturated heterocycles. The number of rotatable bonds is 5. The standard InChI is InChI=1S/C16H18BrNO2/c1-12-3-2-4-13(7-12)16(10-19,11-20)8-15-6-5-14(17)9-18-15/h2-7,9,19-20H,8,10-11H2,1H3. The smallest absolute Gasteiger partial charge is 0.0553 e. The van der Waals surface area contributed by atoms with E-state index in [1.165, 1.54) is 0 Å². The Labute approximate surface area is 127 Å². The highest BCUT2D eigenvalue weighted by molar-refractivity contribution is 9.10. The minimum absolute atomic E-state index is 0.120. The van der Waals surface area contributed by atoms with E-state index >= 15 is 0 Å². The van der Waals surface area contributed by atoms with E-state index in [2.05, 4.69) is 20.9 Å². The molecule has 2 rings (SSSR count). The Balaban J connectivity index is 2.36. The molecule has 0 unspecified atom stereocenters. The zero-order valence-electron chi connectivity index (χ0n) is 11.4. The molecule has 2 aromatic rings. The van der Waals surface area contributed by atoms with Crippen LogP contribution in [-0.4, -0.2) is 28.4 Å². The van der Waals surface area contributed by atoms with E-state index < -0.39 is 5.41 Å². The third-order valence-electron chi connectivity index (χ3n) is 3.54. The lowest BCUT2D eigenvalue weighted by atomic mass is 9.77. The maximum Gasteiger partial charge on any atom is 0.0553 e. The molecule has 0 aliphatic heterocycles. The van der Waals surface area contributed by atoms with Crippen LogP contribution in [-0.2, 0) is 11.8 Å². The zero-order valence-corrected chi connectivity index (χ0v) is 13.0. The van der Waals surface area contributed by atoms with Gasteiger partial charge in [0.25, 0.3) is 0 Å². The number of halogens is 1. The van der Waals surface area contributed by atoms with Crippen molar-refractivity contribution in [3.05, 3.63) is 63.9 Å². The fourth-order valence-corrected chi connectivity index (χ4v) is 2.51. The van der Waals surface area contributed by atoms with Crippen LogP contribution < -0.4 is 0 Å². The molecule has 0 aliphatic rings. The SMILES string of the molecule is Cc1cccc(C(CO)(CO)Cc2ccc(Br)cn2)c1. The Morgan fingerprint density at radius 3 is 2.45 bits per heavy atom. The molecule has 106 valence electrons. The van der Waals surface area contributed by atoms with E-state index in [1.54, 1.807) is 6.20 Å². The van der Waals surface area contributed by atoms with Crippen molar-refractivity contribution in [3.8, 4) is 0 Å². The summed E-state index contributed by atoms with van der Waals surface area (Å²) in [6.45, 7) is 1.76. The molecule has 3 nitrogen and oxygen atoms in total. The van der Waals surface area contributed by atoms with Gasteiger partial charge in [-0.1, -0.05) is 29.8 Å². The summed E-state index contributed by atoms with van der Waals surface area (Å²) in [5.74, 6) is 0. The Hall–Kier alpha value is -1.23. The van der Waals surface area contributed by atoms with Crippen molar-refractivity contribution in [2.24, 2.45) is 0 Å². The molecule has 0 bridgehead atoms. The number of hydrogen-bond acceptors (Lipinski definition) is 3. The normalized spacial score (nSPS) is 11.6. The van der Waals surface area contributed by atoms with Gasteiger partial charge < -0.3 is 10.2 Å². The highest BCUT2D eigenvalue weighted by Crippen LogP contribution is 2.28. The van der Waals surface area contributed by atoms with Gasteiger partial charge in [0, 0.05) is 28.2 Å². The third kappa shape index (κ3) is 3.26. The van der Waals surface area contributed by atoms with E-state index in [4.69, 9.17) is 0 Å². The molecule has 0 fully saturated rings. The van der Waals surface area contributed by atoms with Crippen molar-refractivity contribution < 1.29 is 10.2 Å². The summed E-state index contributed by atoms with van der Waals surface area (Å²) in [4.78, 5) is 4.34. The van der Waals surface area contributed by atoms with Gasteiger partial charge in [0.05, 0.1) is 13.2 Å². The second-order valence-corrected chi connectivity index (χ2v) is 6.03. The lowest BCUT2D eigenvalue weighted by molar-refractivity contribution is 0.115. The molecule has 0 atom stereocenters. The first-order valence-electron chi connectivity index (χ1n) is 6.49. The average molecular weight is 336 g/mol. The number of aliphatic hydroxyl groups excluding tert-OH is 2. The van der Waals surface area contributed by atoms with Crippen molar-refractivity contribution in [2.45, 2.75) is 18.8 Å². The van der Waals surface area contributed by atoms with Crippen molar-refractivity contribution in [3.63, 3.8) is 0 Å². The first-order chi connectivity index (χ1) is 9.59. The molecule has 4 heteroatoms. The summed E-state index contributed by atoms with van der Waals surface area (Å²) in [6.07, 6.45) is 2.22. The molecule has 0 radical (unpaired) electrons. The van der Waals surface area contributed by atoms with E-state index in [-0.39, 0.29) is 13.2 Å². The van der Waals surface area contributed by atoms with E-state index in [1.807, 2.05) is 43.3 Å². The van der Waals surface area contributed by atoms with Gasteiger partial charge in [-0.25, -0.2) is 0 Å². The van der Waals surface area contributed by atoms with Gasteiger partial charge >= 0.3 is 0 Å². The van der Waals surface area contributed by atoms with Crippen molar-refractivity contribution >= 4 is 15.9 Å². The van der Waals surface area contributed by atoms with Crippen LogP contribution in [0.1, 0.15) is 16.8 Å². The predicted molar refractivity (Wildman–Crippen MR) is 82.7 cm³/mol. The van der Waals surface area contributed by atoms with Crippen molar-refractivity contribution in [2.75, 3.05) is 13.2 Å². The largest absolute Gasteiger partial charge is 0.395 e. The lowest BCUT2D eigenvalue weighted by Gasteiger charge is -2.30. The number of hydrogen-bond donors (Lipinski definition) is 2. The molecule has 0 amide bonds. The van der Waals surface area contributed by atoms with E-state index in [0.717, 1.165) is 21.3 Å². The Morgan fingerprint density at radius 2 is 1.90 bits per heavy atom. The topological polar surface area (TPSA) is 53.4 Å². The van der Waals surface area contributed by atoms with Crippen LogP contribution >= 0.6 is 15.9 Å². The fourth-order valence-electron chi connectivity index (χ4n) is 2.28. The average Bonchev–Trinajstić information content (AvgIpc) is 2.47. The van der Waals surface area contributed by atoms with Gasteiger partial charge in [-0.15, -0.1) is 0 Å². The maximum absolute atomic E-state index is 9.84. The van der Waals surface area contributed by atoms with Crippen LogP contribution in [0.15, 0.2) is 47.1 Å². The van der Waals surface area contributed by atoms with Gasteiger partial charge in [0.2, 0.25) is 0 Å². The molecular weight excluding hydrogens is 318 g/mol. The number of nitrogens with zero attached hydrogens (tertiary/aromatic N) is 1. The summed E-state index contributed by atoms with van der Waals surface area (Å²) in [5.41, 5.74) is 2.19. The van der Waals surface area contributed by atoms with Crippen molar-refractivity contribution in [1.82, 2.24) is 4.98 Å². The lowest BCUT2D eigenvalue weighted by Crippen LogP contribution is -2.37. The van der Waals surface area contributed by atoms with Crippen LogP contribution in [0.2, 0.25) is 0 Å². The summed E-state index contributed by atoms with van der Waals surface area (Å²) in [6, 6.07) is 11.7. The molecule has 0 aliphatic carbocycles. The van der Waals surface area contributed by atoms with Gasteiger partial charge in [-0.2, -0.15) is 0 Å². The minimum Gasteiger partial charge on any atom is -0.395 e. The molecule has 20 heavy (non-hydrogen) atoms. The number of aliphatic hydroxyl groups is 2. The number of pyridine rings is 1. The first-order valence-corrected chi connectivity index (χ1v) is 7.28. The quantitative estimate of drug-likeness (QED) is 0.883. The van der Waals surface area contributed by atoms with Crippen LogP contribution in [0.4, 0.5) is 0 Å². The van der Waals surface area contributed by atoms with Gasteiger partial charge in [-0.3, -0.25) is 4.98 Å². The Morgan fingerprint density at radius 1 is 1.15 bits per heavy atom. The van der Waals surface area contributed by atoms with E-state index in [9.17, 15) is 10.2 Å². The molecule has 2 N–H and O–H groups in total. The summed E-state index contributed by atoms with van der Waals surface area (Å²) < 4.78 is 0.912. The number of aryl methyl sites for hydroxylation is 1. The van der Waals surface area contributed by atoms with Crippen LogP contribution in [0, 0.1) is 6.92 Å². The Bertz CT molecular complexity index is 565. The van der Waals surface area contributed by atoms with Crippen LogP contribution in [0.3, 0.4) is 0 Å². The van der Waals surface area contributed by atoms with Gasteiger partial charge in [0.1, 0.15) is 0 Å². The predicted octanol–water partition coefficient (Wildman–Crippen LogP) is 2.62. The molecule has 1 aromatic carbocycles. The van der Waals surface area contributed by atoms with Crippen molar-refractivity contribution in [1.29, 1.82) is 0 Å². The maximum atomic E-state index is 9.84. The molecule has 1 aromatic heterocycles. The summed E-state index contributed by atoms with van der Waals surface area (Å²) >= 11 is 3.35. The molecule has 0 saturated carbocycles. The molecule has 1 heterocycles. The van der Waals surface area contributed by atoms with Crippen LogP contribution in [0.5, 0.6) is 0 Å². The zero-order chi connectivity index (χ0) is 14.6. The second-order valence-electron chi connectivity index (χ2n) is 5.11. The fraction of sp³-hybridized carbons (Fsp3) is 0.312. The third-order valence-corrected chi connectivity index (χ3v) is 4.01. The van der Waals surface area contributed by atoms with Gasteiger partial charge in [-0.05, 0) is 40.5 Å². The summed E-state index contributed by atoms with van der Waals surface area (Å²) in [7, 11) is 0. The van der Waals surface area contributed by atoms with Crippen LogP contribution in [0.25, 0.3) is 0 Å². The van der Waals surface area contributed by atoms with Gasteiger partial charge in [0.15, 0.2) is 0 Å². The Kier molecular flexibility index (Phi) is 4.91. The first kappa shape index (κ1) is 15.2. The monoisotopic (exact) mass is 335 g/mol. The number of benzene rings is 1. The highest BCUT2D eigenvalue weighted by atomic mass is 79.9. The number of aromatic nitrogens is 1. The highest BCUT2D eigenvalue weighted by Gasteiger charge is 2.32. The molecular formula is C16H18BrNO2. The minimum atomic E-state index is -0.702. The van der Waals surface area contributed by atoms with E-state index in [0.29, 0.717) is 6.42 Å².